The Labute approximate surface area is 158 Å². The van der Waals surface area contributed by atoms with Gasteiger partial charge in [-0.25, -0.2) is 13.9 Å². The first kappa shape index (κ1) is 21.7. The highest BCUT2D eigenvalue weighted by atomic mass is 19.4. The molecule has 1 atom stereocenters. The lowest BCUT2D eigenvalue weighted by Crippen LogP contribution is -2.31. The van der Waals surface area contributed by atoms with E-state index >= 15 is 0 Å². The molecule has 154 valence electrons. The SMILES string of the molecule is COC(=O)c1cc(F)c(-n2cc(C)c(C(C)(C)O)n2)cc1O[C@@H](C)C(F)(F)F. The number of nitrogens with zero attached hydrogens (tertiary/aromatic N) is 2. The van der Waals surface area contributed by atoms with Crippen molar-refractivity contribution in [2.75, 3.05) is 7.11 Å². The van der Waals surface area contributed by atoms with Crippen LogP contribution in [0.2, 0.25) is 0 Å². The smallest absolute Gasteiger partial charge is 0.425 e. The normalized spacial score (nSPS) is 13.4. The molecule has 0 unspecified atom stereocenters. The third-order valence-electron chi connectivity index (χ3n) is 3.94. The van der Waals surface area contributed by atoms with Gasteiger partial charge < -0.3 is 14.6 Å². The lowest BCUT2D eigenvalue weighted by atomic mass is 10.0. The number of hydrogen-bond donors (Lipinski definition) is 1. The predicted octanol–water partition coefficient (Wildman–Crippen LogP) is 3.66. The number of benzene rings is 1. The molecule has 2 rings (SSSR count). The number of esters is 1. The minimum atomic E-state index is -4.70. The summed E-state index contributed by atoms with van der Waals surface area (Å²) in [6, 6.07) is 1.66. The summed E-state index contributed by atoms with van der Waals surface area (Å²) in [7, 11) is 1.01. The second-order valence-electron chi connectivity index (χ2n) is 6.76. The highest BCUT2D eigenvalue weighted by Gasteiger charge is 2.39. The van der Waals surface area contributed by atoms with Gasteiger partial charge in [-0.05, 0) is 39.3 Å². The fourth-order valence-corrected chi connectivity index (χ4v) is 2.53. The first-order valence-corrected chi connectivity index (χ1v) is 8.20. The summed E-state index contributed by atoms with van der Waals surface area (Å²) >= 11 is 0. The molecule has 1 aromatic heterocycles. The van der Waals surface area contributed by atoms with E-state index in [1.54, 1.807) is 6.92 Å². The summed E-state index contributed by atoms with van der Waals surface area (Å²) < 4.78 is 63.7. The molecule has 1 N–H and O–H groups in total. The highest BCUT2D eigenvalue weighted by Crippen LogP contribution is 2.32. The third kappa shape index (κ3) is 4.44. The molecular formula is C18H20F4N2O4. The van der Waals surface area contributed by atoms with Crippen LogP contribution in [0.25, 0.3) is 5.69 Å². The molecule has 0 saturated carbocycles. The largest absolute Gasteiger partial charge is 0.480 e. The number of aliphatic hydroxyl groups is 1. The predicted molar refractivity (Wildman–Crippen MR) is 91.0 cm³/mol. The van der Waals surface area contributed by atoms with Gasteiger partial charge in [0, 0.05) is 12.3 Å². The van der Waals surface area contributed by atoms with Crippen molar-refractivity contribution in [1.82, 2.24) is 9.78 Å². The molecule has 0 aliphatic heterocycles. The van der Waals surface area contributed by atoms with Gasteiger partial charge in [0.1, 0.15) is 28.4 Å². The van der Waals surface area contributed by atoms with E-state index in [9.17, 15) is 27.5 Å². The number of alkyl halides is 3. The van der Waals surface area contributed by atoms with Crippen molar-refractivity contribution in [1.29, 1.82) is 0 Å². The quantitative estimate of drug-likeness (QED) is 0.608. The number of halogens is 4. The first-order valence-electron chi connectivity index (χ1n) is 8.20. The molecule has 10 heteroatoms. The van der Waals surface area contributed by atoms with Crippen LogP contribution in [0.1, 0.15) is 42.4 Å². The number of carbonyl (C=O) groups is 1. The van der Waals surface area contributed by atoms with Crippen LogP contribution in [0.4, 0.5) is 17.6 Å². The Morgan fingerprint density at radius 1 is 1.29 bits per heavy atom. The molecule has 0 aliphatic rings. The first-order chi connectivity index (χ1) is 12.8. The van der Waals surface area contributed by atoms with Crippen LogP contribution in [0.15, 0.2) is 18.3 Å². The van der Waals surface area contributed by atoms with Crippen molar-refractivity contribution < 1.29 is 36.9 Å². The summed E-state index contributed by atoms with van der Waals surface area (Å²) in [6.45, 7) is 5.38. The molecule has 0 saturated heterocycles. The van der Waals surface area contributed by atoms with E-state index in [2.05, 4.69) is 9.84 Å². The zero-order valence-electron chi connectivity index (χ0n) is 15.9. The topological polar surface area (TPSA) is 73.6 Å². The fourth-order valence-electron chi connectivity index (χ4n) is 2.53. The Morgan fingerprint density at radius 2 is 1.89 bits per heavy atom. The maximum atomic E-state index is 14.6. The van der Waals surface area contributed by atoms with Gasteiger partial charge in [-0.1, -0.05) is 0 Å². The second-order valence-corrected chi connectivity index (χ2v) is 6.76. The Morgan fingerprint density at radius 3 is 2.36 bits per heavy atom. The van der Waals surface area contributed by atoms with E-state index in [4.69, 9.17) is 4.74 Å². The molecule has 1 aromatic carbocycles. The monoisotopic (exact) mass is 404 g/mol. The van der Waals surface area contributed by atoms with Gasteiger partial charge in [0.25, 0.3) is 0 Å². The average Bonchev–Trinajstić information content (AvgIpc) is 2.96. The van der Waals surface area contributed by atoms with Crippen molar-refractivity contribution >= 4 is 5.97 Å². The van der Waals surface area contributed by atoms with Crippen LogP contribution in [0.5, 0.6) is 5.75 Å². The van der Waals surface area contributed by atoms with Crippen molar-refractivity contribution in [3.63, 3.8) is 0 Å². The van der Waals surface area contributed by atoms with Crippen molar-refractivity contribution in [2.45, 2.75) is 45.6 Å². The highest BCUT2D eigenvalue weighted by molar-refractivity contribution is 5.92. The minimum absolute atomic E-state index is 0.254. The molecule has 28 heavy (non-hydrogen) atoms. The summed E-state index contributed by atoms with van der Waals surface area (Å²) in [5.41, 5.74) is -1.27. The van der Waals surface area contributed by atoms with Gasteiger partial charge in [0.15, 0.2) is 6.10 Å². The van der Waals surface area contributed by atoms with Gasteiger partial charge in [-0.2, -0.15) is 18.3 Å². The number of ether oxygens (including phenoxy) is 2. The van der Waals surface area contributed by atoms with E-state index in [0.29, 0.717) is 5.56 Å². The average molecular weight is 404 g/mol. The van der Waals surface area contributed by atoms with Crippen molar-refractivity contribution in [2.24, 2.45) is 0 Å². The van der Waals surface area contributed by atoms with E-state index in [1.807, 2.05) is 0 Å². The van der Waals surface area contributed by atoms with E-state index < -0.39 is 41.0 Å². The second kappa shape index (κ2) is 7.42. The molecule has 0 spiro atoms. The maximum absolute atomic E-state index is 14.6. The van der Waals surface area contributed by atoms with Gasteiger partial charge in [0.05, 0.1) is 12.8 Å². The number of aromatic nitrogens is 2. The maximum Gasteiger partial charge on any atom is 0.425 e. The third-order valence-corrected chi connectivity index (χ3v) is 3.94. The van der Waals surface area contributed by atoms with Crippen molar-refractivity contribution in [3.05, 3.63) is 41.0 Å². The molecule has 0 bridgehead atoms. The molecular weight excluding hydrogens is 384 g/mol. The molecule has 1 heterocycles. The Kier molecular flexibility index (Phi) is 5.74. The van der Waals surface area contributed by atoms with E-state index in [1.165, 1.54) is 20.0 Å². The summed E-state index contributed by atoms with van der Waals surface area (Å²) in [4.78, 5) is 11.8. The molecule has 0 aliphatic carbocycles. The van der Waals surface area contributed by atoms with E-state index in [0.717, 1.165) is 30.8 Å². The van der Waals surface area contributed by atoms with Crippen LogP contribution in [0, 0.1) is 12.7 Å². The van der Waals surface area contributed by atoms with Crippen LogP contribution < -0.4 is 4.74 Å². The molecule has 0 amide bonds. The number of hydrogen-bond acceptors (Lipinski definition) is 5. The van der Waals surface area contributed by atoms with Gasteiger partial charge in [-0.15, -0.1) is 0 Å². The number of aryl methyl sites for hydroxylation is 1. The zero-order valence-corrected chi connectivity index (χ0v) is 15.9. The summed E-state index contributed by atoms with van der Waals surface area (Å²) in [6.07, 6.45) is -5.54. The molecule has 6 nitrogen and oxygen atoms in total. The fraction of sp³-hybridized carbons (Fsp3) is 0.444. The standard InChI is InChI=1S/C18H20F4N2O4/c1-9-8-24(23-15(9)17(3,4)26)13-7-14(28-10(2)18(20,21)22)11(6-12(13)19)16(25)27-5/h6-8,10,26H,1-5H3/t10-/m0/s1. The lowest BCUT2D eigenvalue weighted by molar-refractivity contribution is -0.189. The summed E-state index contributed by atoms with van der Waals surface area (Å²) in [5, 5.41) is 14.2. The number of rotatable bonds is 5. The van der Waals surface area contributed by atoms with Crippen molar-refractivity contribution in [3.8, 4) is 11.4 Å². The van der Waals surface area contributed by atoms with Gasteiger partial charge in [0.2, 0.25) is 0 Å². The van der Waals surface area contributed by atoms with E-state index in [-0.39, 0.29) is 11.4 Å². The molecule has 0 fully saturated rings. The molecule has 0 radical (unpaired) electrons. The number of carbonyl (C=O) groups excluding carboxylic acids is 1. The van der Waals surface area contributed by atoms with Crippen LogP contribution in [-0.4, -0.2) is 40.2 Å². The molecule has 2 aromatic rings. The zero-order chi connectivity index (χ0) is 21.4. The summed E-state index contributed by atoms with van der Waals surface area (Å²) in [5.74, 6) is -2.49. The van der Waals surface area contributed by atoms with Crippen LogP contribution in [-0.2, 0) is 10.3 Å². The van der Waals surface area contributed by atoms with Gasteiger partial charge in [-0.3, -0.25) is 0 Å². The lowest BCUT2D eigenvalue weighted by Gasteiger charge is -2.20. The van der Waals surface area contributed by atoms with Crippen LogP contribution in [0.3, 0.4) is 0 Å². The number of methoxy groups -OCH3 is 1. The Balaban J connectivity index is 2.61. The van der Waals surface area contributed by atoms with Crippen LogP contribution >= 0.6 is 0 Å². The van der Waals surface area contributed by atoms with Gasteiger partial charge >= 0.3 is 12.1 Å². The minimum Gasteiger partial charge on any atom is -0.480 e. The Bertz CT molecular complexity index is 885. The Hall–Kier alpha value is -2.62.